The molecule has 2 unspecified atom stereocenters. The summed E-state index contributed by atoms with van der Waals surface area (Å²) in [5.74, 6) is 0.949. The van der Waals surface area contributed by atoms with E-state index in [1.807, 2.05) is 10.9 Å². The summed E-state index contributed by atoms with van der Waals surface area (Å²) in [6, 6.07) is 6.33. The van der Waals surface area contributed by atoms with E-state index in [1.54, 1.807) is 6.20 Å². The summed E-state index contributed by atoms with van der Waals surface area (Å²) in [4.78, 5) is 4.56. The lowest BCUT2D eigenvalue weighted by Gasteiger charge is -2.35. The molecule has 33 heavy (non-hydrogen) atoms. The van der Waals surface area contributed by atoms with Crippen LogP contribution in [0.15, 0.2) is 30.6 Å². The molecule has 2 saturated heterocycles. The minimum absolute atomic E-state index is 0.106. The largest absolute Gasteiger partial charge is 0.388 e. The predicted octanol–water partition coefficient (Wildman–Crippen LogP) is 2.76. The van der Waals surface area contributed by atoms with Gasteiger partial charge in [0.2, 0.25) is 0 Å². The van der Waals surface area contributed by atoms with Crippen LogP contribution in [0.4, 0.5) is 11.5 Å². The van der Waals surface area contributed by atoms with Crippen molar-refractivity contribution in [3.05, 3.63) is 36.2 Å². The van der Waals surface area contributed by atoms with Crippen LogP contribution in [0.2, 0.25) is 0 Å². The van der Waals surface area contributed by atoms with Crippen LogP contribution in [0, 0.1) is 5.92 Å². The SMILES string of the molecule is CC(C)(C)n1cc(C(O)C2CCCN(c3nnnc4cc(N5CCOCC5)ccc34)C2)cn1. The fourth-order valence-electron chi connectivity index (χ4n) is 4.80. The van der Waals surface area contributed by atoms with Crippen LogP contribution in [0.25, 0.3) is 10.9 Å². The minimum Gasteiger partial charge on any atom is -0.388 e. The zero-order valence-electron chi connectivity index (χ0n) is 19.7. The van der Waals surface area contributed by atoms with Gasteiger partial charge in [-0.3, -0.25) is 4.68 Å². The number of aromatic nitrogens is 5. The first kappa shape index (κ1) is 22.0. The third-order valence-electron chi connectivity index (χ3n) is 6.73. The van der Waals surface area contributed by atoms with Gasteiger partial charge in [0.15, 0.2) is 5.82 Å². The highest BCUT2D eigenvalue weighted by atomic mass is 16.5. The van der Waals surface area contributed by atoms with Gasteiger partial charge in [-0.05, 0) is 57.0 Å². The molecular weight excluding hydrogens is 418 g/mol. The van der Waals surface area contributed by atoms with Gasteiger partial charge in [0, 0.05) is 54.9 Å². The lowest BCUT2D eigenvalue weighted by Crippen LogP contribution is -2.38. The van der Waals surface area contributed by atoms with Crippen molar-refractivity contribution in [3.8, 4) is 0 Å². The molecule has 0 amide bonds. The molecule has 2 aromatic heterocycles. The Labute approximate surface area is 194 Å². The molecule has 176 valence electrons. The standard InChI is InChI=1S/C24H33N7O2/c1-24(2,3)31-16-18(14-25-31)22(32)17-5-4-8-30(15-17)23-20-7-6-19(13-21(20)26-28-27-23)29-9-11-33-12-10-29/h6-7,13-14,16-17,22,32H,4-5,8-12,15H2,1-3H3. The Bertz CT molecular complexity index is 1100. The average molecular weight is 452 g/mol. The highest BCUT2D eigenvalue weighted by Gasteiger charge is 2.30. The summed E-state index contributed by atoms with van der Waals surface area (Å²) in [7, 11) is 0. The van der Waals surface area contributed by atoms with Crippen LogP contribution < -0.4 is 9.80 Å². The summed E-state index contributed by atoms with van der Waals surface area (Å²) < 4.78 is 7.39. The molecule has 0 aliphatic carbocycles. The van der Waals surface area contributed by atoms with Crippen molar-refractivity contribution in [2.45, 2.75) is 45.3 Å². The Morgan fingerprint density at radius 1 is 1.09 bits per heavy atom. The Morgan fingerprint density at radius 2 is 1.91 bits per heavy atom. The first-order valence-corrected chi connectivity index (χ1v) is 11.8. The number of benzene rings is 1. The van der Waals surface area contributed by atoms with Gasteiger partial charge in [-0.1, -0.05) is 0 Å². The van der Waals surface area contributed by atoms with Gasteiger partial charge < -0.3 is 19.6 Å². The lowest BCUT2D eigenvalue weighted by molar-refractivity contribution is 0.0978. The Morgan fingerprint density at radius 3 is 2.67 bits per heavy atom. The summed E-state index contributed by atoms with van der Waals surface area (Å²) in [6.07, 6.45) is 5.17. The third-order valence-corrected chi connectivity index (χ3v) is 6.73. The lowest BCUT2D eigenvalue weighted by atomic mass is 9.89. The Hall–Kier alpha value is -2.78. The van der Waals surface area contributed by atoms with E-state index in [4.69, 9.17) is 4.74 Å². The van der Waals surface area contributed by atoms with Crippen LogP contribution in [0.5, 0.6) is 0 Å². The second kappa shape index (κ2) is 8.87. The molecule has 0 radical (unpaired) electrons. The highest BCUT2D eigenvalue weighted by molar-refractivity contribution is 5.91. The zero-order chi connectivity index (χ0) is 23.0. The smallest absolute Gasteiger partial charge is 0.162 e. The normalized spacial score (nSPS) is 20.9. The van der Waals surface area contributed by atoms with Crippen LogP contribution in [0.1, 0.15) is 45.3 Å². The van der Waals surface area contributed by atoms with E-state index in [9.17, 15) is 5.11 Å². The van der Waals surface area contributed by atoms with Crippen molar-refractivity contribution >= 4 is 22.4 Å². The van der Waals surface area contributed by atoms with Crippen molar-refractivity contribution in [1.29, 1.82) is 0 Å². The maximum Gasteiger partial charge on any atom is 0.162 e. The molecule has 5 rings (SSSR count). The third kappa shape index (κ3) is 4.52. The molecule has 9 heteroatoms. The van der Waals surface area contributed by atoms with Crippen molar-refractivity contribution in [2.24, 2.45) is 5.92 Å². The molecule has 1 aromatic carbocycles. The predicted molar refractivity (Wildman–Crippen MR) is 127 cm³/mol. The van der Waals surface area contributed by atoms with Gasteiger partial charge in [0.05, 0.1) is 31.1 Å². The maximum atomic E-state index is 11.1. The molecule has 9 nitrogen and oxygen atoms in total. The first-order valence-electron chi connectivity index (χ1n) is 11.8. The molecule has 0 saturated carbocycles. The molecule has 2 aliphatic rings. The van der Waals surface area contributed by atoms with E-state index in [-0.39, 0.29) is 11.5 Å². The van der Waals surface area contributed by atoms with E-state index in [2.05, 4.69) is 69.3 Å². The summed E-state index contributed by atoms with van der Waals surface area (Å²) >= 11 is 0. The van der Waals surface area contributed by atoms with E-state index in [1.165, 1.54) is 0 Å². The fourth-order valence-corrected chi connectivity index (χ4v) is 4.80. The topological polar surface area (TPSA) is 92.4 Å². The zero-order valence-corrected chi connectivity index (χ0v) is 19.7. The van der Waals surface area contributed by atoms with E-state index in [0.717, 1.165) is 80.2 Å². The van der Waals surface area contributed by atoms with Gasteiger partial charge in [0.25, 0.3) is 0 Å². The van der Waals surface area contributed by atoms with Crippen molar-refractivity contribution in [2.75, 3.05) is 49.2 Å². The first-order chi connectivity index (χ1) is 15.9. The number of aliphatic hydroxyl groups is 1. The quantitative estimate of drug-likeness (QED) is 0.647. The number of ether oxygens (including phenoxy) is 1. The molecule has 4 heterocycles. The molecule has 2 aliphatic heterocycles. The number of fused-ring (bicyclic) bond motifs is 1. The monoisotopic (exact) mass is 451 g/mol. The number of rotatable bonds is 4. The molecule has 0 spiro atoms. The van der Waals surface area contributed by atoms with E-state index < -0.39 is 6.10 Å². The van der Waals surface area contributed by atoms with Crippen molar-refractivity contribution in [3.63, 3.8) is 0 Å². The average Bonchev–Trinajstić information content (AvgIpc) is 3.35. The van der Waals surface area contributed by atoms with Gasteiger partial charge in [0.1, 0.15) is 5.52 Å². The number of aliphatic hydroxyl groups excluding tert-OH is 1. The number of piperidine rings is 1. The number of anilines is 2. The number of nitrogens with zero attached hydrogens (tertiary/aromatic N) is 7. The van der Waals surface area contributed by atoms with E-state index in [0.29, 0.717) is 0 Å². The summed E-state index contributed by atoms with van der Waals surface area (Å²) in [6.45, 7) is 11.2. The minimum atomic E-state index is -0.558. The second-order valence-corrected chi connectivity index (χ2v) is 10.1. The Kier molecular flexibility index (Phi) is 5.92. The molecule has 2 fully saturated rings. The number of hydrogen-bond acceptors (Lipinski definition) is 8. The van der Waals surface area contributed by atoms with Crippen LogP contribution in [0.3, 0.4) is 0 Å². The summed E-state index contributed by atoms with van der Waals surface area (Å²) in [5, 5.41) is 29.4. The molecule has 1 N–H and O–H groups in total. The maximum absolute atomic E-state index is 11.1. The van der Waals surface area contributed by atoms with Crippen molar-refractivity contribution < 1.29 is 9.84 Å². The van der Waals surface area contributed by atoms with Crippen LogP contribution in [-0.2, 0) is 10.3 Å². The molecular formula is C24H33N7O2. The fraction of sp³-hybridized carbons (Fsp3) is 0.583. The van der Waals surface area contributed by atoms with Gasteiger partial charge in [-0.25, -0.2) is 0 Å². The van der Waals surface area contributed by atoms with Gasteiger partial charge in [-0.15, -0.1) is 10.2 Å². The van der Waals surface area contributed by atoms with Gasteiger partial charge in [-0.2, -0.15) is 5.10 Å². The number of hydrogen-bond donors (Lipinski definition) is 1. The van der Waals surface area contributed by atoms with E-state index >= 15 is 0 Å². The molecule has 2 atom stereocenters. The molecule has 0 bridgehead atoms. The second-order valence-electron chi connectivity index (χ2n) is 10.1. The summed E-state index contributed by atoms with van der Waals surface area (Å²) in [5.41, 5.74) is 2.75. The van der Waals surface area contributed by atoms with Crippen LogP contribution >= 0.6 is 0 Å². The number of morpholine rings is 1. The molecule has 3 aromatic rings. The Balaban J connectivity index is 1.36. The highest BCUT2D eigenvalue weighted by Crippen LogP contribution is 2.34. The van der Waals surface area contributed by atoms with Crippen molar-refractivity contribution in [1.82, 2.24) is 25.2 Å². The van der Waals surface area contributed by atoms with Crippen LogP contribution in [-0.4, -0.2) is 69.7 Å². The van der Waals surface area contributed by atoms with Gasteiger partial charge >= 0.3 is 0 Å².